The molecule has 2 aromatic carbocycles. The second kappa shape index (κ2) is 33.3. The van der Waals surface area contributed by atoms with Crippen LogP contribution in [0.4, 0.5) is 0 Å². The lowest BCUT2D eigenvalue weighted by molar-refractivity contribution is 0.400. The molecule has 0 bridgehead atoms. The minimum absolute atomic E-state index is 0.691. The zero-order valence-electron chi connectivity index (χ0n) is 49.1. The van der Waals surface area contributed by atoms with Gasteiger partial charge in [-0.05, 0) is 98.2 Å². The number of aromatic nitrogens is 4. The summed E-state index contributed by atoms with van der Waals surface area (Å²) in [6.45, 7) is 13.9. The van der Waals surface area contributed by atoms with Crippen molar-refractivity contribution >= 4 is 102 Å². The molecule has 0 aliphatic carbocycles. The van der Waals surface area contributed by atoms with Gasteiger partial charge in [-0.1, -0.05) is 233 Å². The van der Waals surface area contributed by atoms with Gasteiger partial charge in [0, 0.05) is 60.9 Å². The van der Waals surface area contributed by atoms with Gasteiger partial charge in [-0.2, -0.15) is 17.5 Å². The summed E-state index contributed by atoms with van der Waals surface area (Å²) in [5.41, 5.74) is 9.49. The molecule has 78 heavy (non-hydrogen) atoms. The van der Waals surface area contributed by atoms with E-state index in [1.807, 2.05) is 45.3 Å². The van der Waals surface area contributed by atoms with Crippen LogP contribution >= 0.6 is 68.8 Å². The van der Waals surface area contributed by atoms with Crippen molar-refractivity contribution in [3.05, 3.63) is 69.4 Å². The third-order valence-electron chi connectivity index (χ3n) is 16.9. The molecule has 6 heterocycles. The smallest absolute Gasteiger partial charge is 0.114 e. The van der Waals surface area contributed by atoms with Gasteiger partial charge in [-0.3, -0.25) is 0 Å². The third-order valence-corrected chi connectivity index (χ3v) is 22.8. The predicted octanol–water partition coefficient (Wildman–Crippen LogP) is 25.3. The van der Waals surface area contributed by atoms with Crippen molar-refractivity contribution in [3.8, 4) is 40.4 Å². The molecule has 6 aromatic heterocycles. The van der Waals surface area contributed by atoms with E-state index in [2.05, 4.69) is 90.1 Å². The molecular formula is C68H96N4S6. The predicted molar refractivity (Wildman–Crippen MR) is 353 cm³/mol. The molecule has 0 saturated heterocycles. The summed E-state index contributed by atoms with van der Waals surface area (Å²) < 4.78 is 20.5. The van der Waals surface area contributed by atoms with Gasteiger partial charge in [0.25, 0.3) is 0 Å². The standard InChI is InChI=1S/C68H96N4S6/c1-7-11-15-19-23-25-29-33-36-51(35-31-27-21-17-13-9-3)43-53-45-62(74-50(53)6)57-47-55-56(64-66(57)71-77-69-64)48-58(67-65(55)70-78-72-67)63-46-54(68(76-63)61-42-41-60(75-61)59-40-39-49(5)73-59)44-52(37-32-28-22-18-14-10-4)38-34-30-26-24-20-16-12-8-2/h39-42,45-48,51-52H,7-38,43-44H2,1-6H3. The third kappa shape index (κ3) is 17.6. The van der Waals surface area contributed by atoms with Gasteiger partial charge in [0.2, 0.25) is 0 Å². The lowest BCUT2D eigenvalue weighted by atomic mass is 9.88. The number of nitrogens with zero attached hydrogens (tertiary/aromatic N) is 4. The Morgan fingerprint density at radius 3 is 1.17 bits per heavy atom. The summed E-state index contributed by atoms with van der Waals surface area (Å²) in [6.07, 6.45) is 46.2. The number of unbranched alkanes of at least 4 members (excludes halogenated alkanes) is 24. The molecule has 0 aliphatic heterocycles. The number of aryl methyl sites for hydroxylation is 2. The summed E-state index contributed by atoms with van der Waals surface area (Å²) in [6, 6.07) is 19.3. The highest BCUT2D eigenvalue weighted by molar-refractivity contribution is 7.27. The molecule has 0 N–H and O–H groups in total. The van der Waals surface area contributed by atoms with Gasteiger partial charge >= 0.3 is 0 Å². The second-order valence-electron chi connectivity index (χ2n) is 23.4. The normalized spacial score (nSPS) is 12.8. The van der Waals surface area contributed by atoms with Crippen molar-refractivity contribution in [2.24, 2.45) is 11.8 Å². The van der Waals surface area contributed by atoms with Crippen molar-refractivity contribution < 1.29 is 0 Å². The van der Waals surface area contributed by atoms with Gasteiger partial charge in [-0.25, -0.2) is 0 Å². The Morgan fingerprint density at radius 2 is 0.718 bits per heavy atom. The van der Waals surface area contributed by atoms with Crippen LogP contribution in [0.3, 0.4) is 0 Å². The lowest BCUT2D eigenvalue weighted by Crippen LogP contribution is -2.05. The molecule has 0 fully saturated rings. The maximum absolute atomic E-state index is 5.15. The minimum Gasteiger partial charge on any atom is -0.172 e. The van der Waals surface area contributed by atoms with E-state index in [-0.39, 0.29) is 0 Å². The van der Waals surface area contributed by atoms with Crippen LogP contribution in [0.1, 0.15) is 254 Å². The van der Waals surface area contributed by atoms with Crippen molar-refractivity contribution in [3.63, 3.8) is 0 Å². The SMILES string of the molecule is CCCCCCCCCCC(CCCCCCCC)Cc1cc(-c2cc3c(cc(-c4cc(CC(CCCCCCCC)CCCCCCCCCC)c(-c5ccc(-c6ccc(C)s6)s5)s4)c4nsnc43)c3nsnc23)sc1C. The fraction of sp³-hybridized carbons (Fsp3) is 0.618. The van der Waals surface area contributed by atoms with Gasteiger partial charge < -0.3 is 0 Å². The Morgan fingerprint density at radius 1 is 0.346 bits per heavy atom. The van der Waals surface area contributed by atoms with E-state index >= 15 is 0 Å². The molecule has 4 nitrogen and oxygen atoms in total. The number of hydrogen-bond acceptors (Lipinski definition) is 10. The molecule has 2 unspecified atom stereocenters. The average Bonchev–Trinajstić information content (AvgIpc) is 4.37. The summed E-state index contributed by atoms with van der Waals surface area (Å²) >= 11 is 10.5. The molecule has 8 aromatic rings. The van der Waals surface area contributed by atoms with Crippen LogP contribution in [-0.2, 0) is 12.8 Å². The summed E-state index contributed by atoms with van der Waals surface area (Å²) in [7, 11) is 0. The number of rotatable bonds is 40. The molecule has 0 radical (unpaired) electrons. The van der Waals surface area contributed by atoms with E-state index in [1.54, 1.807) is 0 Å². The lowest BCUT2D eigenvalue weighted by Gasteiger charge is -2.17. The van der Waals surface area contributed by atoms with Gasteiger partial charge in [0.05, 0.1) is 23.5 Å². The van der Waals surface area contributed by atoms with Crippen LogP contribution in [0.5, 0.6) is 0 Å². The first-order valence-electron chi connectivity index (χ1n) is 31.6. The second-order valence-corrected chi connectivity index (χ2v) is 29.1. The Kier molecular flexibility index (Phi) is 26.1. The Labute approximate surface area is 496 Å². The molecule has 0 amide bonds. The highest BCUT2D eigenvalue weighted by atomic mass is 32.1. The van der Waals surface area contributed by atoms with Gasteiger partial charge in [0.1, 0.15) is 22.1 Å². The topological polar surface area (TPSA) is 51.6 Å². The quantitative estimate of drug-likeness (QED) is 0.0359. The van der Waals surface area contributed by atoms with Crippen LogP contribution in [0, 0.1) is 25.7 Å². The molecule has 2 atom stereocenters. The maximum Gasteiger partial charge on any atom is 0.114 e. The first-order chi connectivity index (χ1) is 38.4. The fourth-order valence-electron chi connectivity index (χ4n) is 12.2. The van der Waals surface area contributed by atoms with Crippen LogP contribution in [0.25, 0.3) is 73.2 Å². The minimum atomic E-state index is 0.691. The first kappa shape index (κ1) is 61.2. The van der Waals surface area contributed by atoms with Crippen LogP contribution < -0.4 is 0 Å². The zero-order chi connectivity index (χ0) is 54.3. The largest absolute Gasteiger partial charge is 0.172 e. The van der Waals surface area contributed by atoms with E-state index in [9.17, 15) is 0 Å². The molecule has 10 heteroatoms. The van der Waals surface area contributed by atoms with E-state index in [0.29, 0.717) is 5.92 Å². The van der Waals surface area contributed by atoms with Gasteiger partial charge in [0.15, 0.2) is 0 Å². The Hall–Kier alpha value is -2.86. The molecule has 8 rings (SSSR count). The van der Waals surface area contributed by atoms with Crippen molar-refractivity contribution in [2.45, 2.75) is 260 Å². The first-order valence-corrected chi connectivity index (χ1v) is 36.4. The number of hydrogen-bond donors (Lipinski definition) is 0. The van der Waals surface area contributed by atoms with Crippen molar-refractivity contribution in [1.82, 2.24) is 17.5 Å². The number of fused-ring (bicyclic) bond motifs is 5. The van der Waals surface area contributed by atoms with Crippen LogP contribution in [0.15, 0.2) is 48.5 Å². The van der Waals surface area contributed by atoms with Crippen molar-refractivity contribution in [1.29, 1.82) is 0 Å². The highest BCUT2D eigenvalue weighted by Crippen LogP contribution is 2.49. The summed E-state index contributed by atoms with van der Waals surface area (Å²) in [5.74, 6) is 1.44. The molecular weight excluding hydrogens is 1070 g/mol. The van der Waals surface area contributed by atoms with E-state index < -0.39 is 0 Å². The van der Waals surface area contributed by atoms with E-state index in [1.165, 1.54) is 297 Å². The average molecular weight is 1160 g/mol. The van der Waals surface area contributed by atoms with Crippen LogP contribution in [0.2, 0.25) is 0 Å². The maximum atomic E-state index is 5.15. The number of thiophene rings is 4. The molecule has 424 valence electrons. The fourth-order valence-corrected chi connectivity index (χ4v) is 17.8. The van der Waals surface area contributed by atoms with E-state index in [4.69, 9.17) is 17.5 Å². The van der Waals surface area contributed by atoms with Crippen LogP contribution in [-0.4, -0.2) is 17.5 Å². The molecule has 0 spiro atoms. The van der Waals surface area contributed by atoms with E-state index in [0.717, 1.165) is 45.2 Å². The molecule has 0 saturated carbocycles. The molecule has 0 aliphatic rings. The summed E-state index contributed by atoms with van der Waals surface area (Å²) in [4.78, 5) is 11.0. The summed E-state index contributed by atoms with van der Waals surface area (Å²) in [5, 5.41) is 2.30. The van der Waals surface area contributed by atoms with Gasteiger partial charge in [-0.15, -0.1) is 45.3 Å². The highest BCUT2D eigenvalue weighted by Gasteiger charge is 2.25. The monoisotopic (exact) mass is 1160 g/mol. The Bertz CT molecular complexity index is 2960. The number of benzene rings is 2. The van der Waals surface area contributed by atoms with Crippen molar-refractivity contribution in [2.75, 3.05) is 0 Å². The Balaban J connectivity index is 1.08. The zero-order valence-corrected chi connectivity index (χ0v) is 54.0.